The molecule has 3 rings (SSSR count). The van der Waals surface area contributed by atoms with Crippen molar-refractivity contribution >= 4 is 57.7 Å². The van der Waals surface area contributed by atoms with Crippen LogP contribution >= 0.6 is 34.5 Å². The second kappa shape index (κ2) is 8.72. The lowest BCUT2D eigenvalue weighted by Gasteiger charge is -2.00. The van der Waals surface area contributed by atoms with E-state index in [4.69, 9.17) is 23.2 Å². The number of halogens is 2. The number of hydrogen-bond donors (Lipinski definition) is 2. The third-order valence-corrected chi connectivity index (χ3v) is 4.65. The van der Waals surface area contributed by atoms with E-state index in [0.717, 1.165) is 16.9 Å². The van der Waals surface area contributed by atoms with Crippen LogP contribution in [0.2, 0.25) is 10.0 Å². The van der Waals surface area contributed by atoms with Gasteiger partial charge in [0.25, 0.3) is 0 Å². The van der Waals surface area contributed by atoms with E-state index in [-0.39, 0.29) is 5.13 Å². The Labute approximate surface area is 168 Å². The summed E-state index contributed by atoms with van der Waals surface area (Å²) in [6.45, 7) is 0. The summed E-state index contributed by atoms with van der Waals surface area (Å²) in [5.74, 6) is -1.86. The third-order valence-electron chi connectivity index (χ3n) is 3.20. The van der Waals surface area contributed by atoms with Crippen molar-refractivity contribution in [1.29, 1.82) is 0 Å². The molecule has 0 aliphatic rings. The second-order valence-electron chi connectivity index (χ2n) is 5.10. The van der Waals surface area contributed by atoms with Gasteiger partial charge in [0.1, 0.15) is 5.01 Å². The van der Waals surface area contributed by atoms with Gasteiger partial charge in [-0.2, -0.15) is 5.10 Å². The summed E-state index contributed by atoms with van der Waals surface area (Å²) in [7, 11) is 0. The number of rotatable bonds is 4. The van der Waals surface area contributed by atoms with Gasteiger partial charge in [0.2, 0.25) is 5.13 Å². The first-order valence-electron chi connectivity index (χ1n) is 7.51. The van der Waals surface area contributed by atoms with Crippen molar-refractivity contribution in [3.8, 4) is 10.6 Å². The summed E-state index contributed by atoms with van der Waals surface area (Å²) in [5, 5.41) is 15.6. The Hall–Kier alpha value is -2.81. The largest absolute Gasteiger partial charge is 0.329 e. The minimum absolute atomic E-state index is 0.207. The molecule has 2 aromatic carbocycles. The molecule has 10 heteroatoms. The number of benzene rings is 2. The molecular formula is C17H11Cl2N5O2S. The molecule has 0 saturated heterocycles. The summed E-state index contributed by atoms with van der Waals surface area (Å²) in [6.07, 6.45) is 1.31. The van der Waals surface area contributed by atoms with Gasteiger partial charge in [-0.25, -0.2) is 5.43 Å². The fourth-order valence-electron chi connectivity index (χ4n) is 1.94. The fraction of sp³-hybridized carbons (Fsp3) is 0. The van der Waals surface area contributed by atoms with E-state index in [9.17, 15) is 9.59 Å². The third kappa shape index (κ3) is 5.10. The van der Waals surface area contributed by atoms with E-state index in [2.05, 4.69) is 26.0 Å². The van der Waals surface area contributed by atoms with E-state index in [1.807, 2.05) is 30.3 Å². The molecule has 0 unspecified atom stereocenters. The Morgan fingerprint density at radius 3 is 2.56 bits per heavy atom. The van der Waals surface area contributed by atoms with Gasteiger partial charge in [0, 0.05) is 16.1 Å². The minimum Gasteiger partial charge on any atom is -0.292 e. The molecule has 3 aromatic rings. The number of carbonyl (C=O) groups excluding carboxylic acids is 2. The molecule has 0 fully saturated rings. The molecule has 7 nitrogen and oxygen atoms in total. The minimum atomic E-state index is -0.951. The topological polar surface area (TPSA) is 96.3 Å². The van der Waals surface area contributed by atoms with E-state index in [1.54, 1.807) is 18.2 Å². The van der Waals surface area contributed by atoms with Crippen LogP contribution in [0.5, 0.6) is 0 Å². The van der Waals surface area contributed by atoms with Crippen molar-refractivity contribution in [2.75, 3.05) is 5.32 Å². The Bertz CT molecular complexity index is 1010. The number of carbonyl (C=O) groups is 2. The van der Waals surface area contributed by atoms with Gasteiger partial charge in [0.05, 0.1) is 11.2 Å². The van der Waals surface area contributed by atoms with Gasteiger partial charge in [-0.15, -0.1) is 10.2 Å². The highest BCUT2D eigenvalue weighted by atomic mass is 35.5. The zero-order valence-corrected chi connectivity index (χ0v) is 15.8. The molecule has 0 saturated carbocycles. The van der Waals surface area contributed by atoms with E-state index < -0.39 is 11.8 Å². The van der Waals surface area contributed by atoms with Crippen LogP contribution in [-0.2, 0) is 9.59 Å². The first-order chi connectivity index (χ1) is 13.0. The number of anilines is 1. The van der Waals surface area contributed by atoms with E-state index in [0.29, 0.717) is 20.6 Å². The van der Waals surface area contributed by atoms with Crippen molar-refractivity contribution in [2.45, 2.75) is 0 Å². The van der Waals surface area contributed by atoms with Gasteiger partial charge < -0.3 is 0 Å². The van der Waals surface area contributed by atoms with Crippen molar-refractivity contribution < 1.29 is 9.59 Å². The lowest BCUT2D eigenvalue weighted by atomic mass is 10.2. The highest BCUT2D eigenvalue weighted by molar-refractivity contribution is 7.18. The van der Waals surface area contributed by atoms with Crippen LogP contribution in [-0.4, -0.2) is 28.2 Å². The molecule has 136 valence electrons. The van der Waals surface area contributed by atoms with E-state index in [1.165, 1.54) is 6.21 Å². The monoisotopic (exact) mass is 419 g/mol. The van der Waals surface area contributed by atoms with Crippen molar-refractivity contribution in [2.24, 2.45) is 5.10 Å². The predicted octanol–water partition coefficient (Wildman–Crippen LogP) is 3.60. The van der Waals surface area contributed by atoms with Crippen LogP contribution < -0.4 is 10.7 Å². The van der Waals surface area contributed by atoms with Crippen molar-refractivity contribution in [3.05, 3.63) is 64.1 Å². The van der Waals surface area contributed by atoms with Crippen molar-refractivity contribution in [1.82, 2.24) is 15.6 Å². The first kappa shape index (κ1) is 19.0. The summed E-state index contributed by atoms with van der Waals surface area (Å²) in [5.41, 5.74) is 3.52. The Morgan fingerprint density at radius 2 is 1.81 bits per heavy atom. The zero-order valence-electron chi connectivity index (χ0n) is 13.5. The quantitative estimate of drug-likeness (QED) is 0.383. The number of nitrogens with one attached hydrogen (secondary N) is 2. The average molecular weight is 420 g/mol. The van der Waals surface area contributed by atoms with Crippen LogP contribution in [0.3, 0.4) is 0 Å². The smallest absolute Gasteiger partial charge is 0.292 e. The number of hydrogen-bond acceptors (Lipinski definition) is 6. The van der Waals surface area contributed by atoms with Crippen LogP contribution in [0.25, 0.3) is 10.6 Å². The number of aromatic nitrogens is 2. The maximum absolute atomic E-state index is 11.9. The molecule has 0 aliphatic heterocycles. The fourth-order valence-corrected chi connectivity index (χ4v) is 3.14. The Balaban J connectivity index is 1.57. The maximum atomic E-state index is 11.9. The number of amides is 2. The van der Waals surface area contributed by atoms with E-state index >= 15 is 0 Å². The maximum Gasteiger partial charge on any atom is 0.329 e. The van der Waals surface area contributed by atoms with Gasteiger partial charge in [-0.1, -0.05) is 70.9 Å². The Morgan fingerprint density at radius 1 is 1.04 bits per heavy atom. The lowest BCUT2D eigenvalue weighted by molar-refractivity contribution is -0.136. The Kier molecular flexibility index (Phi) is 6.12. The van der Waals surface area contributed by atoms with Gasteiger partial charge >= 0.3 is 11.8 Å². The zero-order chi connectivity index (χ0) is 19.2. The van der Waals surface area contributed by atoms with Gasteiger partial charge in [-0.3, -0.25) is 14.9 Å². The molecule has 27 heavy (non-hydrogen) atoms. The van der Waals surface area contributed by atoms with Gasteiger partial charge in [-0.05, 0) is 12.1 Å². The van der Waals surface area contributed by atoms with Crippen LogP contribution in [0.4, 0.5) is 5.13 Å². The molecule has 2 N–H and O–H groups in total. The van der Waals surface area contributed by atoms with Gasteiger partial charge in [0.15, 0.2) is 0 Å². The van der Waals surface area contributed by atoms with Crippen LogP contribution in [0.1, 0.15) is 5.56 Å². The molecule has 0 bridgehead atoms. The average Bonchev–Trinajstić information content (AvgIpc) is 3.12. The number of hydrazone groups is 1. The summed E-state index contributed by atoms with van der Waals surface area (Å²) >= 11 is 12.9. The molecule has 1 heterocycles. The normalized spacial score (nSPS) is 10.7. The molecule has 0 spiro atoms. The SMILES string of the molecule is O=C(NN=Cc1ccc(Cl)cc1Cl)C(=O)Nc1nnc(-c2ccccc2)s1. The second-order valence-corrected chi connectivity index (χ2v) is 6.92. The summed E-state index contributed by atoms with van der Waals surface area (Å²) in [6, 6.07) is 14.2. The molecule has 2 amide bonds. The lowest BCUT2D eigenvalue weighted by Crippen LogP contribution is -2.32. The molecule has 0 atom stereocenters. The van der Waals surface area contributed by atoms with Crippen molar-refractivity contribution in [3.63, 3.8) is 0 Å². The summed E-state index contributed by atoms with van der Waals surface area (Å²) < 4.78 is 0. The van der Waals surface area contributed by atoms with Crippen LogP contribution in [0, 0.1) is 0 Å². The first-order valence-corrected chi connectivity index (χ1v) is 9.08. The molecule has 1 aromatic heterocycles. The number of nitrogens with zero attached hydrogens (tertiary/aromatic N) is 3. The molecule has 0 aliphatic carbocycles. The van der Waals surface area contributed by atoms with Crippen LogP contribution in [0.15, 0.2) is 53.6 Å². The standard InChI is InChI=1S/C17H11Cl2N5O2S/c18-12-7-6-11(13(19)8-12)9-20-22-15(26)14(25)21-17-24-23-16(27-17)10-4-2-1-3-5-10/h1-9H,(H,22,26)(H,21,24,25). The summed E-state index contributed by atoms with van der Waals surface area (Å²) in [4.78, 5) is 23.7. The highest BCUT2D eigenvalue weighted by Crippen LogP contribution is 2.25. The predicted molar refractivity (Wildman–Crippen MR) is 106 cm³/mol. The molecule has 0 radical (unpaired) electrons. The highest BCUT2D eigenvalue weighted by Gasteiger charge is 2.16. The molecular weight excluding hydrogens is 409 g/mol.